The van der Waals surface area contributed by atoms with Crippen LogP contribution >= 0.6 is 0 Å². The highest BCUT2D eigenvalue weighted by Gasteiger charge is 2.16. The molecule has 0 radical (unpaired) electrons. The van der Waals surface area contributed by atoms with Gasteiger partial charge in [0.25, 0.3) is 0 Å². The fourth-order valence-corrected chi connectivity index (χ4v) is 2.97. The van der Waals surface area contributed by atoms with E-state index in [4.69, 9.17) is 0 Å². The predicted octanol–water partition coefficient (Wildman–Crippen LogP) is 2.73. The number of rotatable bonds is 4. The molecule has 1 aromatic carbocycles. The summed E-state index contributed by atoms with van der Waals surface area (Å²) in [6, 6.07) is 6.56. The Morgan fingerprint density at radius 2 is 2.00 bits per heavy atom. The molecular weight excluding hydrogens is 220 g/mol. The highest BCUT2D eigenvalue weighted by atomic mass is 15.1. The van der Waals surface area contributed by atoms with E-state index in [1.807, 2.05) is 0 Å². The monoisotopic (exact) mass is 246 g/mol. The quantitative estimate of drug-likeness (QED) is 0.879. The molecule has 2 heteroatoms. The lowest BCUT2D eigenvalue weighted by Crippen LogP contribution is -2.37. The molecular formula is C16H26N2. The molecule has 1 N–H and O–H groups in total. The topological polar surface area (TPSA) is 15.3 Å². The number of hydrogen-bond acceptors (Lipinski definition) is 2. The maximum absolute atomic E-state index is 3.65. The summed E-state index contributed by atoms with van der Waals surface area (Å²) >= 11 is 0. The summed E-state index contributed by atoms with van der Waals surface area (Å²) in [5, 5.41) is 3.65. The zero-order valence-corrected chi connectivity index (χ0v) is 12.0. The van der Waals surface area contributed by atoms with Crippen molar-refractivity contribution in [2.75, 3.05) is 26.7 Å². The Hall–Kier alpha value is -0.860. The molecule has 0 aliphatic carbocycles. The van der Waals surface area contributed by atoms with Crippen LogP contribution in [-0.2, 0) is 6.54 Å². The Kier molecular flexibility index (Phi) is 4.79. The molecule has 1 fully saturated rings. The van der Waals surface area contributed by atoms with Crippen LogP contribution in [0.5, 0.6) is 0 Å². The van der Waals surface area contributed by atoms with Gasteiger partial charge in [-0.1, -0.05) is 18.2 Å². The fraction of sp³-hybridized carbons (Fsp3) is 0.625. The maximum atomic E-state index is 3.65. The molecule has 2 nitrogen and oxygen atoms in total. The summed E-state index contributed by atoms with van der Waals surface area (Å²) in [5.41, 5.74) is 4.29. The first-order chi connectivity index (χ1) is 8.66. The molecule has 1 aliphatic heterocycles. The lowest BCUT2D eigenvalue weighted by molar-refractivity contribution is 0.206. The molecule has 18 heavy (non-hydrogen) atoms. The second-order valence-electron chi connectivity index (χ2n) is 5.77. The molecule has 0 amide bonds. The Labute approximate surface area is 111 Å². The SMILES string of the molecule is Cc1cccc(C)c1CNCC1CCCN(C)C1. The highest BCUT2D eigenvalue weighted by molar-refractivity contribution is 5.33. The molecule has 100 valence electrons. The Morgan fingerprint density at radius 3 is 2.67 bits per heavy atom. The van der Waals surface area contributed by atoms with E-state index < -0.39 is 0 Å². The van der Waals surface area contributed by atoms with Crippen molar-refractivity contribution in [1.29, 1.82) is 0 Å². The summed E-state index contributed by atoms with van der Waals surface area (Å²) in [4.78, 5) is 2.45. The summed E-state index contributed by atoms with van der Waals surface area (Å²) < 4.78 is 0. The molecule has 2 rings (SSSR count). The van der Waals surface area contributed by atoms with Gasteiger partial charge in [-0.25, -0.2) is 0 Å². The number of nitrogens with zero attached hydrogens (tertiary/aromatic N) is 1. The lowest BCUT2D eigenvalue weighted by atomic mass is 9.98. The second kappa shape index (κ2) is 6.35. The number of benzene rings is 1. The number of piperidine rings is 1. The molecule has 0 aromatic heterocycles. The minimum absolute atomic E-state index is 0.827. The molecule has 1 unspecified atom stereocenters. The minimum atomic E-state index is 0.827. The lowest BCUT2D eigenvalue weighted by Gasteiger charge is -2.29. The van der Waals surface area contributed by atoms with Gasteiger partial charge < -0.3 is 10.2 Å². The van der Waals surface area contributed by atoms with Crippen molar-refractivity contribution in [3.8, 4) is 0 Å². The highest BCUT2D eigenvalue weighted by Crippen LogP contribution is 2.15. The van der Waals surface area contributed by atoms with Crippen molar-refractivity contribution in [3.63, 3.8) is 0 Å². The number of hydrogen-bond donors (Lipinski definition) is 1. The van der Waals surface area contributed by atoms with Gasteiger partial charge >= 0.3 is 0 Å². The third kappa shape index (κ3) is 3.56. The van der Waals surface area contributed by atoms with E-state index in [0.29, 0.717) is 0 Å². The van der Waals surface area contributed by atoms with Gasteiger partial charge in [-0.2, -0.15) is 0 Å². The fourth-order valence-electron chi connectivity index (χ4n) is 2.97. The normalized spacial score (nSPS) is 21.2. The van der Waals surface area contributed by atoms with Crippen LogP contribution in [0.3, 0.4) is 0 Å². The first-order valence-electron chi connectivity index (χ1n) is 7.11. The van der Waals surface area contributed by atoms with Gasteiger partial charge in [-0.3, -0.25) is 0 Å². The molecule has 1 aromatic rings. The van der Waals surface area contributed by atoms with Crippen LogP contribution in [0.15, 0.2) is 18.2 Å². The molecule has 1 heterocycles. The smallest absolute Gasteiger partial charge is 0.0210 e. The third-order valence-corrected chi connectivity index (χ3v) is 4.10. The van der Waals surface area contributed by atoms with Gasteiger partial charge in [-0.15, -0.1) is 0 Å². The number of likely N-dealkylation sites (tertiary alicyclic amines) is 1. The summed E-state index contributed by atoms with van der Waals surface area (Å²) in [6.45, 7) is 9.10. The van der Waals surface area contributed by atoms with Crippen molar-refractivity contribution in [2.45, 2.75) is 33.2 Å². The molecule has 1 aliphatic rings. The average Bonchev–Trinajstić information content (AvgIpc) is 2.33. The largest absolute Gasteiger partial charge is 0.312 e. The zero-order chi connectivity index (χ0) is 13.0. The van der Waals surface area contributed by atoms with Crippen LogP contribution in [0.4, 0.5) is 0 Å². The van der Waals surface area contributed by atoms with E-state index in [0.717, 1.165) is 19.0 Å². The van der Waals surface area contributed by atoms with Gasteiger partial charge in [0.2, 0.25) is 0 Å². The first kappa shape index (κ1) is 13.6. The number of aryl methyl sites for hydroxylation is 2. The van der Waals surface area contributed by atoms with Crippen LogP contribution in [0.2, 0.25) is 0 Å². The minimum Gasteiger partial charge on any atom is -0.312 e. The van der Waals surface area contributed by atoms with Crippen LogP contribution in [0, 0.1) is 19.8 Å². The Morgan fingerprint density at radius 1 is 1.28 bits per heavy atom. The standard InChI is InChI=1S/C16H26N2/c1-13-6-4-7-14(2)16(13)11-17-10-15-8-5-9-18(3)12-15/h4,6-7,15,17H,5,8-12H2,1-3H3. The van der Waals surface area contributed by atoms with E-state index in [1.54, 1.807) is 0 Å². The second-order valence-corrected chi connectivity index (χ2v) is 5.77. The summed E-state index contributed by atoms with van der Waals surface area (Å²) in [5.74, 6) is 0.827. The summed E-state index contributed by atoms with van der Waals surface area (Å²) in [6.07, 6.45) is 2.73. The first-order valence-corrected chi connectivity index (χ1v) is 7.11. The Bertz CT molecular complexity index is 366. The molecule has 0 bridgehead atoms. The third-order valence-electron chi connectivity index (χ3n) is 4.10. The van der Waals surface area contributed by atoms with Crippen LogP contribution in [0.1, 0.15) is 29.5 Å². The average molecular weight is 246 g/mol. The molecule has 0 saturated carbocycles. The Balaban J connectivity index is 1.81. The van der Waals surface area contributed by atoms with Crippen LogP contribution in [0.25, 0.3) is 0 Å². The van der Waals surface area contributed by atoms with Crippen molar-refractivity contribution in [3.05, 3.63) is 34.9 Å². The van der Waals surface area contributed by atoms with Crippen molar-refractivity contribution in [2.24, 2.45) is 5.92 Å². The van der Waals surface area contributed by atoms with Crippen LogP contribution < -0.4 is 5.32 Å². The van der Waals surface area contributed by atoms with Gasteiger partial charge in [-0.05, 0) is 69.4 Å². The van der Waals surface area contributed by atoms with Gasteiger partial charge in [0.15, 0.2) is 0 Å². The van der Waals surface area contributed by atoms with Crippen LogP contribution in [-0.4, -0.2) is 31.6 Å². The zero-order valence-electron chi connectivity index (χ0n) is 12.0. The molecule has 1 saturated heterocycles. The van der Waals surface area contributed by atoms with Crippen molar-refractivity contribution < 1.29 is 0 Å². The summed E-state index contributed by atoms with van der Waals surface area (Å²) in [7, 11) is 2.23. The van der Waals surface area contributed by atoms with Gasteiger partial charge in [0.05, 0.1) is 0 Å². The predicted molar refractivity (Wildman–Crippen MR) is 77.8 cm³/mol. The molecule has 0 spiro atoms. The van der Waals surface area contributed by atoms with E-state index in [2.05, 4.69) is 49.3 Å². The van der Waals surface area contributed by atoms with Crippen molar-refractivity contribution in [1.82, 2.24) is 10.2 Å². The number of nitrogens with one attached hydrogen (secondary N) is 1. The van der Waals surface area contributed by atoms with Gasteiger partial charge in [0, 0.05) is 13.1 Å². The van der Waals surface area contributed by atoms with E-state index in [9.17, 15) is 0 Å². The van der Waals surface area contributed by atoms with E-state index in [-0.39, 0.29) is 0 Å². The maximum Gasteiger partial charge on any atom is 0.0210 e. The van der Waals surface area contributed by atoms with E-state index >= 15 is 0 Å². The molecule has 1 atom stereocenters. The van der Waals surface area contributed by atoms with Crippen molar-refractivity contribution >= 4 is 0 Å². The van der Waals surface area contributed by atoms with Gasteiger partial charge in [0.1, 0.15) is 0 Å². The van der Waals surface area contributed by atoms with E-state index in [1.165, 1.54) is 42.6 Å².